The molecule has 1 aliphatic heterocycles. The molecule has 8 heteroatoms. The van der Waals surface area contributed by atoms with Crippen LogP contribution in [0.15, 0.2) is 57.5 Å². The van der Waals surface area contributed by atoms with E-state index in [-0.39, 0.29) is 7.69 Å². The lowest BCUT2D eigenvalue weighted by molar-refractivity contribution is 0.321. The Bertz CT molecular complexity index is 528. The molecule has 0 amide bonds. The summed E-state index contributed by atoms with van der Waals surface area (Å²) in [6, 6.07) is 15.7. The van der Waals surface area contributed by atoms with E-state index in [1.54, 1.807) is 0 Å². The van der Waals surface area contributed by atoms with Crippen molar-refractivity contribution >= 4 is 64.7 Å². The van der Waals surface area contributed by atoms with E-state index < -0.39 is 14.2 Å². The zero-order chi connectivity index (χ0) is 13.9. The maximum Gasteiger partial charge on any atom is 0.466 e. The predicted octanol–water partition coefficient (Wildman–Crippen LogP) is 1.63. The van der Waals surface area contributed by atoms with E-state index in [9.17, 15) is 0 Å². The number of hydrogen-bond donors (Lipinski definition) is 0. The minimum atomic E-state index is -0.412. The van der Waals surface area contributed by atoms with Gasteiger partial charge in [-0.2, -0.15) is 0 Å². The number of hydrogen-bond acceptors (Lipinski definition) is 3. The fourth-order valence-electron chi connectivity index (χ4n) is 1.94. The summed E-state index contributed by atoms with van der Waals surface area (Å²) in [5.74, 6) is 0. The van der Waals surface area contributed by atoms with E-state index in [0.717, 1.165) is 19.9 Å². The number of halogens is 2. The van der Waals surface area contributed by atoms with Gasteiger partial charge in [-0.1, -0.05) is 56.1 Å². The van der Waals surface area contributed by atoms with Crippen molar-refractivity contribution in [1.82, 2.24) is 0 Å². The van der Waals surface area contributed by atoms with Crippen molar-refractivity contribution < 1.29 is 13.7 Å². The lowest BCUT2D eigenvalue weighted by atomic mass is 9.67. The summed E-state index contributed by atoms with van der Waals surface area (Å²) in [5, 5.41) is 0. The lowest BCUT2D eigenvalue weighted by Crippen LogP contribution is -2.54. The van der Waals surface area contributed by atoms with Gasteiger partial charge in [-0.15, -0.1) is 0 Å². The molecule has 1 saturated heterocycles. The minimum absolute atomic E-state index is 0.210. The van der Waals surface area contributed by atoms with Crippen LogP contribution in [0.4, 0.5) is 0 Å². The van der Waals surface area contributed by atoms with Crippen LogP contribution in [0, 0.1) is 0 Å². The first-order chi connectivity index (χ1) is 9.72. The Morgan fingerprint density at radius 2 is 1.10 bits per heavy atom. The maximum atomic E-state index is 5.86. The Labute approximate surface area is 135 Å². The highest BCUT2D eigenvalue weighted by Crippen LogP contribution is 2.10. The fourth-order valence-corrected chi connectivity index (χ4v) is 2.47. The van der Waals surface area contributed by atoms with E-state index in [1.165, 1.54) is 0 Å². The molecule has 0 bridgehead atoms. The second-order valence-electron chi connectivity index (χ2n) is 4.35. The van der Waals surface area contributed by atoms with Gasteiger partial charge in [-0.3, -0.25) is 0 Å². The van der Waals surface area contributed by atoms with Crippen LogP contribution in [0.2, 0.25) is 0 Å². The lowest BCUT2D eigenvalue weighted by Gasteiger charge is -2.26. The summed E-state index contributed by atoms with van der Waals surface area (Å²) in [4.78, 5) is 0. The van der Waals surface area contributed by atoms with Crippen LogP contribution in [0.25, 0.3) is 0 Å². The Balaban J connectivity index is 1.76. The molecule has 1 aliphatic rings. The summed E-state index contributed by atoms with van der Waals surface area (Å²) in [7, 11) is -0.613. The second-order valence-corrected chi connectivity index (χ2v) is 6.19. The van der Waals surface area contributed by atoms with Crippen LogP contribution in [0.3, 0.4) is 0 Å². The number of rotatable bonds is 2. The Kier molecular flexibility index (Phi) is 4.68. The van der Waals surface area contributed by atoms with E-state index >= 15 is 0 Å². The normalized spacial score (nSPS) is 15.1. The molecule has 0 aromatic heterocycles. The second kappa shape index (κ2) is 6.49. The molecule has 2 aromatic carbocycles. The molecule has 3 nitrogen and oxygen atoms in total. The van der Waals surface area contributed by atoms with Crippen molar-refractivity contribution in [2.75, 3.05) is 0 Å². The van der Waals surface area contributed by atoms with E-state index in [0.29, 0.717) is 0 Å². The van der Waals surface area contributed by atoms with Gasteiger partial charge in [0.25, 0.3) is 0 Å². The summed E-state index contributed by atoms with van der Waals surface area (Å²) >= 11 is 6.83. The smallest absolute Gasteiger partial charge is 0.451 e. The quantitative estimate of drug-likeness (QED) is 0.726. The van der Waals surface area contributed by atoms with Gasteiger partial charge in [0.2, 0.25) is 0 Å². The molecule has 2 aromatic rings. The third-order valence-corrected chi connectivity index (χ3v) is 4.03. The van der Waals surface area contributed by atoms with Crippen molar-refractivity contribution in [1.29, 1.82) is 0 Å². The van der Waals surface area contributed by atoms with Gasteiger partial charge < -0.3 is 13.7 Å². The van der Waals surface area contributed by atoms with Crippen molar-refractivity contribution in [3.63, 3.8) is 0 Å². The molecule has 0 saturated carbocycles. The van der Waals surface area contributed by atoms with Crippen LogP contribution < -0.4 is 10.9 Å². The van der Waals surface area contributed by atoms with Crippen molar-refractivity contribution in [3.05, 3.63) is 57.5 Å². The molecule has 1 heterocycles. The fraction of sp³-hybridized carbons (Fsp3) is 0. The molecule has 0 radical (unpaired) electrons. The van der Waals surface area contributed by atoms with Gasteiger partial charge >= 0.3 is 21.9 Å². The molecular weight excluding hydrogens is 384 g/mol. The zero-order valence-corrected chi connectivity index (χ0v) is 13.6. The first-order valence-electron chi connectivity index (χ1n) is 6.12. The van der Waals surface area contributed by atoms with Crippen LogP contribution in [-0.4, -0.2) is 21.9 Å². The van der Waals surface area contributed by atoms with E-state index in [2.05, 4.69) is 31.9 Å². The summed E-state index contributed by atoms with van der Waals surface area (Å²) in [5.41, 5.74) is 1.94. The van der Waals surface area contributed by atoms with Gasteiger partial charge in [0, 0.05) is 8.95 Å². The van der Waals surface area contributed by atoms with Crippen LogP contribution in [-0.2, 0) is 13.7 Å². The number of benzene rings is 2. The molecule has 1 fully saturated rings. The predicted molar refractivity (Wildman–Crippen MR) is 89.5 cm³/mol. The largest absolute Gasteiger partial charge is 0.466 e. The highest BCUT2D eigenvalue weighted by atomic mass is 79.9. The SMILES string of the molecule is Brc1ccc(B2OBOB(c3ccc(Br)cc3)O2)cc1. The molecule has 98 valence electrons. The zero-order valence-electron chi connectivity index (χ0n) is 10.5. The topological polar surface area (TPSA) is 27.7 Å². The average molecular weight is 393 g/mol. The van der Waals surface area contributed by atoms with Gasteiger partial charge in [0.15, 0.2) is 0 Å². The highest BCUT2D eigenvalue weighted by molar-refractivity contribution is 9.10. The van der Waals surface area contributed by atoms with Gasteiger partial charge in [-0.25, -0.2) is 0 Å². The molecular formula is C12H9B3Br2O3. The molecule has 0 unspecified atom stereocenters. The third kappa shape index (κ3) is 3.38. The summed E-state index contributed by atoms with van der Waals surface area (Å²) in [6.45, 7) is 0. The van der Waals surface area contributed by atoms with Gasteiger partial charge in [-0.05, 0) is 35.2 Å². The monoisotopic (exact) mass is 392 g/mol. The standard InChI is InChI=1S/C12H9B3Br2O3/c16-11-5-1-9(2-6-11)14-18-13-19-15(20-14)10-3-7-12(17)8-4-10/h1-8,13H. The van der Waals surface area contributed by atoms with Crippen molar-refractivity contribution in [2.45, 2.75) is 0 Å². The van der Waals surface area contributed by atoms with Crippen molar-refractivity contribution in [2.24, 2.45) is 0 Å². The van der Waals surface area contributed by atoms with Crippen LogP contribution in [0.1, 0.15) is 0 Å². The summed E-state index contributed by atoms with van der Waals surface area (Å²) in [6.07, 6.45) is 0. The Morgan fingerprint density at radius 1 is 0.700 bits per heavy atom. The molecule has 0 atom stereocenters. The van der Waals surface area contributed by atoms with Crippen LogP contribution in [0.5, 0.6) is 0 Å². The molecule has 0 N–H and O–H groups in total. The molecule has 3 rings (SSSR count). The van der Waals surface area contributed by atoms with Gasteiger partial charge in [0.1, 0.15) is 0 Å². The average Bonchev–Trinajstić information content (AvgIpc) is 2.49. The highest BCUT2D eigenvalue weighted by Gasteiger charge is 2.35. The van der Waals surface area contributed by atoms with E-state index in [1.807, 2.05) is 48.5 Å². The summed E-state index contributed by atoms with van der Waals surface area (Å²) < 4.78 is 18.9. The molecule has 20 heavy (non-hydrogen) atoms. The van der Waals surface area contributed by atoms with Crippen molar-refractivity contribution in [3.8, 4) is 0 Å². The Morgan fingerprint density at radius 3 is 1.50 bits per heavy atom. The Hall–Kier alpha value is -0.525. The first-order valence-corrected chi connectivity index (χ1v) is 7.70. The van der Waals surface area contributed by atoms with E-state index in [4.69, 9.17) is 13.7 Å². The molecule has 0 spiro atoms. The van der Waals surface area contributed by atoms with Gasteiger partial charge in [0.05, 0.1) is 0 Å². The first kappa shape index (κ1) is 14.4. The third-order valence-electron chi connectivity index (χ3n) is 2.97. The minimum Gasteiger partial charge on any atom is -0.451 e. The van der Waals surface area contributed by atoms with Crippen LogP contribution >= 0.6 is 31.9 Å². The molecule has 0 aliphatic carbocycles. The maximum absolute atomic E-state index is 5.86.